The number of rotatable bonds is 6. The van der Waals surface area contributed by atoms with Crippen molar-refractivity contribution >= 4 is 10.8 Å². The second-order valence-corrected chi connectivity index (χ2v) is 8.12. The molecule has 8 heteroatoms. The molecular formula is C26H21F3N4O. The Morgan fingerprint density at radius 2 is 1.62 bits per heavy atom. The maximum atomic E-state index is 13.4. The minimum absolute atomic E-state index is 0.0635. The van der Waals surface area contributed by atoms with Crippen LogP contribution in [0.25, 0.3) is 22.0 Å². The minimum Gasteiger partial charge on any atom is -0.271 e. The van der Waals surface area contributed by atoms with Gasteiger partial charge in [0.25, 0.3) is 5.56 Å². The van der Waals surface area contributed by atoms with E-state index in [-0.39, 0.29) is 13.2 Å². The van der Waals surface area contributed by atoms with E-state index >= 15 is 0 Å². The molecule has 0 unspecified atom stereocenters. The number of benzene rings is 3. The molecule has 0 N–H and O–H groups in total. The summed E-state index contributed by atoms with van der Waals surface area (Å²) in [4.78, 5) is 14.3. The molecule has 172 valence electrons. The van der Waals surface area contributed by atoms with Gasteiger partial charge in [0, 0.05) is 17.5 Å². The Morgan fingerprint density at radius 3 is 2.24 bits per heavy atom. The topological polar surface area (TPSA) is 61.9 Å². The summed E-state index contributed by atoms with van der Waals surface area (Å²) in [6.45, 7) is 0.330. The predicted octanol–water partition coefficient (Wildman–Crippen LogP) is 5.27. The number of halogens is 3. The maximum Gasteiger partial charge on any atom is 0.401 e. The lowest BCUT2D eigenvalue weighted by Gasteiger charge is -2.24. The molecule has 0 bridgehead atoms. The van der Waals surface area contributed by atoms with Gasteiger partial charge in [-0.3, -0.25) is 9.69 Å². The zero-order valence-electron chi connectivity index (χ0n) is 18.4. The van der Waals surface area contributed by atoms with Gasteiger partial charge in [-0.25, -0.2) is 4.68 Å². The van der Waals surface area contributed by atoms with Gasteiger partial charge in [0.2, 0.25) is 0 Å². The molecule has 0 radical (unpaired) electrons. The SMILES string of the molecule is Cc1ccc(-c2nn(CN(Cc3ccc(C#N)cc3)CC(F)(F)F)c(=O)c3ccccc23)cc1. The van der Waals surface area contributed by atoms with Gasteiger partial charge in [0.1, 0.15) is 0 Å². The Morgan fingerprint density at radius 1 is 0.971 bits per heavy atom. The summed E-state index contributed by atoms with van der Waals surface area (Å²) in [5.41, 5.74) is 2.90. The van der Waals surface area contributed by atoms with Crippen LogP contribution in [0, 0.1) is 18.3 Å². The smallest absolute Gasteiger partial charge is 0.271 e. The Balaban J connectivity index is 1.76. The van der Waals surface area contributed by atoms with Gasteiger partial charge in [-0.05, 0) is 30.7 Å². The van der Waals surface area contributed by atoms with E-state index in [9.17, 15) is 18.0 Å². The van der Waals surface area contributed by atoms with E-state index < -0.39 is 18.3 Å². The Labute approximate surface area is 194 Å². The summed E-state index contributed by atoms with van der Waals surface area (Å²) in [7, 11) is 0. The Kier molecular flexibility index (Phi) is 6.48. The number of aryl methyl sites for hydroxylation is 1. The molecule has 5 nitrogen and oxygen atoms in total. The number of fused-ring (bicyclic) bond motifs is 1. The molecule has 1 heterocycles. The van der Waals surface area contributed by atoms with Gasteiger partial charge in [0.15, 0.2) is 0 Å². The zero-order valence-corrected chi connectivity index (χ0v) is 18.4. The van der Waals surface area contributed by atoms with Crippen LogP contribution < -0.4 is 5.56 Å². The van der Waals surface area contributed by atoms with Crippen LogP contribution >= 0.6 is 0 Å². The van der Waals surface area contributed by atoms with E-state index in [0.717, 1.165) is 20.7 Å². The molecule has 1 aromatic heterocycles. The molecule has 0 aliphatic rings. The van der Waals surface area contributed by atoms with Gasteiger partial charge < -0.3 is 0 Å². The van der Waals surface area contributed by atoms with Crippen molar-refractivity contribution < 1.29 is 13.2 Å². The molecule has 0 aliphatic heterocycles. The van der Waals surface area contributed by atoms with Gasteiger partial charge in [-0.2, -0.15) is 23.5 Å². The van der Waals surface area contributed by atoms with Crippen molar-refractivity contribution in [1.82, 2.24) is 14.7 Å². The summed E-state index contributed by atoms with van der Waals surface area (Å²) in [5.74, 6) is 0. The van der Waals surface area contributed by atoms with E-state index in [2.05, 4.69) is 5.10 Å². The number of hydrogen-bond donors (Lipinski definition) is 0. The largest absolute Gasteiger partial charge is 0.401 e. The third-order valence-corrected chi connectivity index (χ3v) is 5.42. The maximum absolute atomic E-state index is 13.4. The summed E-state index contributed by atoms with van der Waals surface area (Å²) in [6, 6.07) is 22.9. The van der Waals surface area contributed by atoms with Gasteiger partial charge >= 0.3 is 6.18 Å². The first-order valence-corrected chi connectivity index (χ1v) is 10.6. The monoisotopic (exact) mass is 462 g/mol. The fraction of sp³-hybridized carbons (Fsp3) is 0.192. The van der Waals surface area contributed by atoms with Crippen LogP contribution in [0.3, 0.4) is 0 Å². The normalized spacial score (nSPS) is 11.6. The molecule has 3 aromatic carbocycles. The fourth-order valence-electron chi connectivity index (χ4n) is 3.80. The van der Waals surface area contributed by atoms with Crippen molar-refractivity contribution in [3.05, 3.63) is 99.8 Å². The van der Waals surface area contributed by atoms with Crippen molar-refractivity contribution in [1.29, 1.82) is 5.26 Å². The van der Waals surface area contributed by atoms with Crippen molar-refractivity contribution in [2.45, 2.75) is 26.3 Å². The highest BCUT2D eigenvalue weighted by molar-refractivity contribution is 5.93. The highest BCUT2D eigenvalue weighted by Crippen LogP contribution is 2.25. The second-order valence-electron chi connectivity index (χ2n) is 8.12. The number of alkyl halides is 3. The number of nitrogens with zero attached hydrogens (tertiary/aromatic N) is 4. The quantitative estimate of drug-likeness (QED) is 0.392. The molecule has 0 atom stereocenters. The molecule has 4 rings (SSSR count). The first-order chi connectivity index (χ1) is 16.2. The molecule has 34 heavy (non-hydrogen) atoms. The summed E-state index contributed by atoms with van der Waals surface area (Å²) in [5, 5.41) is 14.5. The second kappa shape index (κ2) is 9.49. The molecule has 0 aliphatic carbocycles. The van der Waals surface area contributed by atoms with Crippen LogP contribution in [0.15, 0.2) is 77.6 Å². The first kappa shape index (κ1) is 23.2. The molecule has 0 spiro atoms. The van der Waals surface area contributed by atoms with Crippen LogP contribution in [-0.4, -0.2) is 27.4 Å². The van der Waals surface area contributed by atoms with Crippen molar-refractivity contribution in [3.63, 3.8) is 0 Å². The number of hydrogen-bond acceptors (Lipinski definition) is 4. The third kappa shape index (κ3) is 5.33. The van der Waals surface area contributed by atoms with E-state index in [1.807, 2.05) is 37.3 Å². The Bertz CT molecular complexity index is 1400. The molecule has 0 saturated carbocycles. The molecular weight excluding hydrogens is 441 g/mol. The number of aromatic nitrogens is 2. The van der Waals surface area contributed by atoms with Crippen LogP contribution in [-0.2, 0) is 13.2 Å². The van der Waals surface area contributed by atoms with E-state index in [4.69, 9.17) is 5.26 Å². The first-order valence-electron chi connectivity index (χ1n) is 10.6. The summed E-state index contributed by atoms with van der Waals surface area (Å²) >= 11 is 0. The van der Waals surface area contributed by atoms with Crippen LogP contribution in [0.4, 0.5) is 13.2 Å². The highest BCUT2D eigenvalue weighted by Gasteiger charge is 2.31. The van der Waals surface area contributed by atoms with E-state index in [0.29, 0.717) is 27.6 Å². The fourth-order valence-corrected chi connectivity index (χ4v) is 3.80. The van der Waals surface area contributed by atoms with Gasteiger partial charge in [0.05, 0.1) is 35.9 Å². The average molecular weight is 462 g/mol. The van der Waals surface area contributed by atoms with Gasteiger partial charge in [-0.15, -0.1) is 0 Å². The van der Waals surface area contributed by atoms with E-state index in [1.165, 1.54) is 0 Å². The van der Waals surface area contributed by atoms with E-state index in [1.54, 1.807) is 48.5 Å². The average Bonchev–Trinajstić information content (AvgIpc) is 2.81. The predicted molar refractivity (Wildman–Crippen MR) is 124 cm³/mol. The number of nitriles is 1. The summed E-state index contributed by atoms with van der Waals surface area (Å²) < 4.78 is 41.2. The molecule has 4 aromatic rings. The van der Waals surface area contributed by atoms with Gasteiger partial charge in [-0.1, -0.05) is 60.2 Å². The Hall–Kier alpha value is -3.96. The molecule has 0 saturated heterocycles. The molecule has 0 fully saturated rings. The lowest BCUT2D eigenvalue weighted by atomic mass is 10.0. The standard InChI is InChI=1S/C26H21F3N4O/c1-18-6-12-21(13-7-18)24-22-4-2-3-5-23(22)25(34)33(31-24)17-32(16-26(27,28)29)15-20-10-8-19(14-30)9-11-20/h2-13H,15-17H2,1H3. The lowest BCUT2D eigenvalue weighted by molar-refractivity contribution is -0.151. The summed E-state index contributed by atoms with van der Waals surface area (Å²) in [6.07, 6.45) is -4.47. The van der Waals surface area contributed by atoms with Crippen LogP contribution in [0.1, 0.15) is 16.7 Å². The van der Waals surface area contributed by atoms with Crippen molar-refractivity contribution in [2.24, 2.45) is 0 Å². The third-order valence-electron chi connectivity index (χ3n) is 5.42. The lowest BCUT2D eigenvalue weighted by Crippen LogP contribution is -2.39. The minimum atomic E-state index is -4.47. The van der Waals surface area contributed by atoms with Crippen molar-refractivity contribution in [2.75, 3.05) is 6.54 Å². The zero-order chi connectivity index (χ0) is 24.3. The highest BCUT2D eigenvalue weighted by atomic mass is 19.4. The van der Waals surface area contributed by atoms with Crippen molar-refractivity contribution in [3.8, 4) is 17.3 Å². The molecule has 0 amide bonds. The van der Waals surface area contributed by atoms with Crippen LogP contribution in [0.5, 0.6) is 0 Å². The van der Waals surface area contributed by atoms with Crippen LogP contribution in [0.2, 0.25) is 0 Å².